The van der Waals surface area contributed by atoms with Crippen molar-refractivity contribution in [2.75, 3.05) is 18.4 Å². The first kappa shape index (κ1) is 22.6. The molecular weight excluding hydrogens is 417 g/mol. The van der Waals surface area contributed by atoms with E-state index >= 15 is 0 Å². The summed E-state index contributed by atoms with van der Waals surface area (Å²) in [6.45, 7) is 1.64. The summed E-state index contributed by atoms with van der Waals surface area (Å²) in [5.41, 5.74) is -2.60. The fraction of sp³-hybridized carbons (Fsp3) is 0.438. The van der Waals surface area contributed by atoms with Crippen LogP contribution in [0.4, 0.5) is 24.8 Å². The number of nitrogens with one attached hydrogen (secondary N) is 2. The molecule has 1 aliphatic heterocycles. The zero-order valence-electron chi connectivity index (χ0n) is 15.2. The van der Waals surface area contributed by atoms with Gasteiger partial charge in [-0.25, -0.2) is 4.68 Å². The van der Waals surface area contributed by atoms with Crippen LogP contribution < -0.4 is 10.6 Å². The molecule has 9 nitrogen and oxygen atoms in total. The summed E-state index contributed by atoms with van der Waals surface area (Å²) < 4.78 is 40.3. The number of carbonyl (C=O) groups excluding carboxylic acids is 1. The topological polar surface area (TPSA) is 115 Å². The van der Waals surface area contributed by atoms with Crippen LogP contribution >= 0.6 is 12.4 Å². The van der Waals surface area contributed by atoms with Gasteiger partial charge in [-0.15, -0.1) is 12.4 Å². The van der Waals surface area contributed by atoms with Gasteiger partial charge in [0.25, 0.3) is 11.6 Å². The van der Waals surface area contributed by atoms with E-state index in [1.807, 2.05) is 0 Å². The van der Waals surface area contributed by atoms with Crippen LogP contribution in [0, 0.1) is 10.1 Å². The van der Waals surface area contributed by atoms with Gasteiger partial charge in [0, 0.05) is 30.7 Å². The molecule has 0 bridgehead atoms. The van der Waals surface area contributed by atoms with Crippen LogP contribution in [0.25, 0.3) is 0 Å². The number of amides is 1. The van der Waals surface area contributed by atoms with E-state index in [9.17, 15) is 28.1 Å². The summed E-state index contributed by atoms with van der Waals surface area (Å²) in [6.07, 6.45) is -3.16. The van der Waals surface area contributed by atoms with Crippen LogP contribution in [0.15, 0.2) is 18.2 Å². The Morgan fingerprint density at radius 2 is 1.97 bits per heavy atom. The SMILES string of the molecule is Cl.Cn1nc(C2CCNCC2)nc1NC(=O)c1cc([N+](=O)[O-])cc(C(F)(F)F)c1. The first-order chi connectivity index (χ1) is 13.1. The molecule has 3 rings (SSSR count). The fourth-order valence-corrected chi connectivity index (χ4v) is 2.95. The lowest BCUT2D eigenvalue weighted by molar-refractivity contribution is -0.385. The zero-order chi connectivity index (χ0) is 20.5. The molecule has 2 N–H and O–H groups in total. The fourth-order valence-electron chi connectivity index (χ4n) is 2.95. The van der Waals surface area contributed by atoms with Gasteiger partial charge >= 0.3 is 6.18 Å². The van der Waals surface area contributed by atoms with Crippen LogP contribution in [0.3, 0.4) is 0 Å². The smallest absolute Gasteiger partial charge is 0.317 e. The first-order valence-electron chi connectivity index (χ1n) is 8.45. The molecule has 0 aliphatic carbocycles. The van der Waals surface area contributed by atoms with Crippen LogP contribution in [0.5, 0.6) is 0 Å². The molecule has 158 valence electrons. The molecule has 1 saturated heterocycles. The van der Waals surface area contributed by atoms with E-state index in [2.05, 4.69) is 20.7 Å². The lowest BCUT2D eigenvalue weighted by Crippen LogP contribution is -2.27. The summed E-state index contributed by atoms with van der Waals surface area (Å²) in [5.74, 6) is -0.234. The van der Waals surface area contributed by atoms with Crippen molar-refractivity contribution in [2.45, 2.75) is 24.9 Å². The number of hydrogen-bond donors (Lipinski definition) is 2. The summed E-state index contributed by atoms with van der Waals surface area (Å²) in [4.78, 5) is 26.6. The van der Waals surface area contributed by atoms with E-state index in [1.54, 1.807) is 7.05 Å². The number of benzene rings is 1. The number of nitro groups is 1. The molecule has 13 heteroatoms. The number of non-ortho nitro benzene ring substituents is 1. The second kappa shape index (κ2) is 8.74. The van der Waals surface area contributed by atoms with Crippen molar-refractivity contribution < 1.29 is 22.9 Å². The predicted octanol–water partition coefficient (Wildman–Crippen LogP) is 2.88. The van der Waals surface area contributed by atoms with Gasteiger partial charge < -0.3 is 5.32 Å². The normalized spacial score (nSPS) is 14.9. The highest BCUT2D eigenvalue weighted by Gasteiger charge is 2.33. The van der Waals surface area contributed by atoms with Gasteiger partial charge in [-0.1, -0.05) is 0 Å². The third-order valence-corrected chi connectivity index (χ3v) is 4.43. The minimum Gasteiger partial charge on any atom is -0.317 e. The van der Waals surface area contributed by atoms with Crippen LogP contribution in [-0.2, 0) is 13.2 Å². The molecule has 1 amide bonds. The molecular formula is C16H18ClF3N6O3. The Morgan fingerprint density at radius 3 is 2.55 bits per heavy atom. The second-order valence-corrected chi connectivity index (χ2v) is 6.42. The van der Waals surface area contributed by atoms with Crippen molar-refractivity contribution in [1.29, 1.82) is 0 Å². The first-order valence-corrected chi connectivity index (χ1v) is 8.45. The summed E-state index contributed by atoms with van der Waals surface area (Å²) in [5, 5.41) is 20.8. The number of halogens is 4. The maximum absolute atomic E-state index is 13.0. The number of nitro benzene ring substituents is 1. The Balaban J connectivity index is 0.00000300. The molecule has 0 atom stereocenters. The van der Waals surface area contributed by atoms with Crippen molar-refractivity contribution >= 4 is 29.9 Å². The van der Waals surface area contributed by atoms with E-state index in [4.69, 9.17) is 0 Å². The Hall–Kier alpha value is -2.73. The van der Waals surface area contributed by atoms with Crippen molar-refractivity contribution in [3.8, 4) is 0 Å². The van der Waals surface area contributed by atoms with Gasteiger partial charge in [-0.05, 0) is 32.0 Å². The molecule has 2 aromatic rings. The minimum atomic E-state index is -4.83. The van der Waals surface area contributed by atoms with Crippen molar-refractivity contribution in [2.24, 2.45) is 7.05 Å². The number of hydrogen-bond acceptors (Lipinski definition) is 6. The highest BCUT2D eigenvalue weighted by molar-refractivity contribution is 6.04. The molecule has 0 saturated carbocycles. The Bertz CT molecular complexity index is 912. The van der Waals surface area contributed by atoms with Crippen molar-refractivity contribution in [3.63, 3.8) is 0 Å². The molecule has 1 aromatic carbocycles. The number of carbonyl (C=O) groups is 1. The average Bonchev–Trinajstić information content (AvgIpc) is 3.02. The third-order valence-electron chi connectivity index (χ3n) is 4.43. The predicted molar refractivity (Wildman–Crippen MR) is 99.1 cm³/mol. The number of alkyl halides is 3. The molecule has 29 heavy (non-hydrogen) atoms. The molecule has 1 aromatic heterocycles. The van der Waals surface area contributed by atoms with Gasteiger partial charge in [0.2, 0.25) is 5.95 Å². The molecule has 2 heterocycles. The van der Waals surface area contributed by atoms with Crippen LogP contribution in [-0.4, -0.2) is 38.7 Å². The Kier molecular flexibility index (Phi) is 6.80. The lowest BCUT2D eigenvalue weighted by Gasteiger charge is -2.19. The van der Waals surface area contributed by atoms with E-state index < -0.39 is 33.8 Å². The maximum Gasteiger partial charge on any atom is 0.416 e. The Labute approximate surface area is 169 Å². The van der Waals surface area contributed by atoms with Crippen LogP contribution in [0.2, 0.25) is 0 Å². The summed E-state index contributed by atoms with van der Waals surface area (Å²) in [7, 11) is 1.54. The largest absolute Gasteiger partial charge is 0.416 e. The monoisotopic (exact) mass is 434 g/mol. The average molecular weight is 435 g/mol. The van der Waals surface area contributed by atoms with Gasteiger partial charge in [-0.2, -0.15) is 23.3 Å². The van der Waals surface area contributed by atoms with Gasteiger partial charge in [0.15, 0.2) is 5.82 Å². The number of rotatable bonds is 4. The van der Waals surface area contributed by atoms with E-state index in [1.165, 1.54) is 4.68 Å². The molecule has 1 fully saturated rings. The number of anilines is 1. The lowest BCUT2D eigenvalue weighted by atomic mass is 9.98. The standard InChI is InChI=1S/C16H17F3N6O3.ClH/c1-24-15(21-13(23-24)9-2-4-20-5-3-9)22-14(26)10-6-11(16(17,18)19)8-12(7-10)25(27)28;/h6-9,20H,2-5H2,1H3,(H,21,22,23,26);1H. The minimum absolute atomic E-state index is 0. The van der Waals surface area contributed by atoms with E-state index in [0.717, 1.165) is 32.0 Å². The van der Waals surface area contributed by atoms with Gasteiger partial charge in [0.05, 0.1) is 10.5 Å². The number of aryl methyl sites for hydroxylation is 1. The molecule has 0 spiro atoms. The molecule has 0 radical (unpaired) electrons. The number of nitrogens with zero attached hydrogens (tertiary/aromatic N) is 4. The summed E-state index contributed by atoms with van der Waals surface area (Å²) in [6, 6.07) is 1.73. The Morgan fingerprint density at radius 1 is 1.31 bits per heavy atom. The quantitative estimate of drug-likeness (QED) is 0.564. The molecule has 1 aliphatic rings. The van der Waals surface area contributed by atoms with E-state index in [0.29, 0.717) is 18.0 Å². The zero-order valence-corrected chi connectivity index (χ0v) is 16.0. The highest BCUT2D eigenvalue weighted by atomic mass is 35.5. The van der Waals surface area contributed by atoms with Crippen molar-refractivity contribution in [3.05, 3.63) is 45.3 Å². The van der Waals surface area contributed by atoms with Gasteiger partial charge in [0.1, 0.15) is 0 Å². The number of aromatic nitrogens is 3. The maximum atomic E-state index is 13.0. The molecule has 0 unspecified atom stereocenters. The summed E-state index contributed by atoms with van der Waals surface area (Å²) >= 11 is 0. The van der Waals surface area contributed by atoms with Crippen LogP contribution in [0.1, 0.15) is 40.5 Å². The third kappa shape index (κ3) is 5.21. The highest BCUT2D eigenvalue weighted by Crippen LogP contribution is 2.33. The second-order valence-electron chi connectivity index (χ2n) is 6.42. The van der Waals surface area contributed by atoms with Gasteiger partial charge in [-0.3, -0.25) is 20.2 Å². The van der Waals surface area contributed by atoms with Crippen molar-refractivity contribution in [1.82, 2.24) is 20.1 Å². The van der Waals surface area contributed by atoms with E-state index in [-0.39, 0.29) is 24.3 Å². The number of piperidine rings is 1.